The molecule has 5 rings (SSSR count). The lowest BCUT2D eigenvalue weighted by atomic mass is 9.85. The molecule has 0 aliphatic carbocycles. The van der Waals surface area contributed by atoms with Gasteiger partial charge < -0.3 is 25.2 Å². The SMILES string of the molecule is Cc1ncsc1-c1ccc(CNC(=O)[C@@H]2C[C@@H](O)CN2C(=O)[C@@H](NC(=O)Cn2ccc3ccccc32)C(C)(C)C)cc1. The molecular formula is C32H37N5O4S. The maximum absolute atomic E-state index is 13.9. The van der Waals surface area contributed by atoms with Gasteiger partial charge in [-0.1, -0.05) is 63.2 Å². The van der Waals surface area contributed by atoms with Crippen molar-refractivity contribution in [3.05, 3.63) is 77.6 Å². The van der Waals surface area contributed by atoms with Crippen molar-refractivity contribution >= 4 is 40.0 Å². The Morgan fingerprint density at radius 2 is 1.83 bits per heavy atom. The minimum Gasteiger partial charge on any atom is -0.391 e. The number of nitrogens with zero attached hydrogens (tertiary/aromatic N) is 3. The molecule has 220 valence electrons. The van der Waals surface area contributed by atoms with E-state index in [0.29, 0.717) is 6.54 Å². The molecule has 0 spiro atoms. The Labute approximate surface area is 249 Å². The topological polar surface area (TPSA) is 117 Å². The number of fused-ring (bicyclic) bond motifs is 1. The molecule has 2 aromatic carbocycles. The number of aryl methyl sites for hydroxylation is 1. The highest BCUT2D eigenvalue weighted by Gasteiger charge is 2.44. The Morgan fingerprint density at radius 1 is 1.10 bits per heavy atom. The van der Waals surface area contributed by atoms with Crippen LogP contribution in [0.1, 0.15) is 38.4 Å². The van der Waals surface area contributed by atoms with Crippen LogP contribution in [0.4, 0.5) is 0 Å². The van der Waals surface area contributed by atoms with Gasteiger partial charge in [0.15, 0.2) is 0 Å². The van der Waals surface area contributed by atoms with E-state index in [9.17, 15) is 19.5 Å². The summed E-state index contributed by atoms with van der Waals surface area (Å²) in [6, 6.07) is 15.9. The third-order valence-corrected chi connectivity index (χ3v) is 8.68. The van der Waals surface area contributed by atoms with Crippen LogP contribution in [0.2, 0.25) is 0 Å². The number of nitrogens with one attached hydrogen (secondary N) is 2. The number of aromatic nitrogens is 2. The molecule has 0 radical (unpaired) electrons. The number of aliphatic hydroxyl groups excluding tert-OH is 1. The molecule has 4 aromatic rings. The van der Waals surface area contributed by atoms with Crippen LogP contribution >= 0.6 is 11.3 Å². The Hall–Kier alpha value is -4.02. The maximum atomic E-state index is 13.9. The predicted octanol–water partition coefficient (Wildman–Crippen LogP) is 3.88. The summed E-state index contributed by atoms with van der Waals surface area (Å²) in [5.41, 5.74) is 5.09. The van der Waals surface area contributed by atoms with Crippen molar-refractivity contribution in [2.24, 2.45) is 5.41 Å². The van der Waals surface area contributed by atoms with Crippen LogP contribution in [0.15, 0.2) is 66.3 Å². The molecule has 1 aliphatic rings. The second-order valence-electron chi connectivity index (χ2n) is 11.9. The average Bonchev–Trinajstić information content (AvgIpc) is 3.68. The number of aliphatic hydroxyl groups is 1. The molecule has 3 atom stereocenters. The van der Waals surface area contributed by atoms with E-state index >= 15 is 0 Å². The molecule has 3 amide bonds. The fraction of sp³-hybridized carbons (Fsp3) is 0.375. The van der Waals surface area contributed by atoms with Crippen LogP contribution in [0, 0.1) is 12.3 Å². The molecule has 1 aliphatic heterocycles. The summed E-state index contributed by atoms with van der Waals surface area (Å²) < 4.78 is 1.84. The maximum Gasteiger partial charge on any atom is 0.246 e. The summed E-state index contributed by atoms with van der Waals surface area (Å²) in [4.78, 5) is 47.1. The lowest BCUT2D eigenvalue weighted by molar-refractivity contribution is -0.144. The highest BCUT2D eigenvalue weighted by Crippen LogP contribution is 2.28. The number of benzene rings is 2. The van der Waals surface area contributed by atoms with Crippen LogP contribution in [-0.4, -0.2) is 62.0 Å². The second kappa shape index (κ2) is 12.1. The van der Waals surface area contributed by atoms with Crippen molar-refractivity contribution in [2.75, 3.05) is 6.54 Å². The molecule has 9 nitrogen and oxygen atoms in total. The predicted molar refractivity (Wildman–Crippen MR) is 164 cm³/mol. The van der Waals surface area contributed by atoms with Crippen molar-refractivity contribution in [2.45, 2.75) is 65.4 Å². The minimum atomic E-state index is -0.879. The Bertz CT molecular complexity index is 1590. The summed E-state index contributed by atoms with van der Waals surface area (Å²) >= 11 is 1.59. The highest BCUT2D eigenvalue weighted by atomic mass is 32.1. The molecular weight excluding hydrogens is 550 g/mol. The van der Waals surface area contributed by atoms with Gasteiger partial charge in [0.25, 0.3) is 0 Å². The second-order valence-corrected chi connectivity index (χ2v) is 12.8. The zero-order valence-corrected chi connectivity index (χ0v) is 25.1. The van der Waals surface area contributed by atoms with Gasteiger partial charge in [0.2, 0.25) is 17.7 Å². The first-order chi connectivity index (χ1) is 20.0. The van der Waals surface area contributed by atoms with Crippen molar-refractivity contribution in [1.29, 1.82) is 0 Å². The summed E-state index contributed by atoms with van der Waals surface area (Å²) in [5, 5.41) is 17.3. The van der Waals surface area contributed by atoms with Gasteiger partial charge in [0.05, 0.1) is 22.2 Å². The minimum absolute atomic E-state index is 0.0322. The van der Waals surface area contributed by atoms with Crippen molar-refractivity contribution in [1.82, 2.24) is 25.1 Å². The number of carbonyl (C=O) groups excluding carboxylic acids is 3. The zero-order chi connectivity index (χ0) is 30.0. The van der Waals surface area contributed by atoms with Gasteiger partial charge in [-0.15, -0.1) is 11.3 Å². The molecule has 10 heteroatoms. The van der Waals surface area contributed by atoms with Crippen molar-refractivity contribution < 1.29 is 19.5 Å². The molecule has 0 unspecified atom stereocenters. The quantitative estimate of drug-likeness (QED) is 0.289. The van der Waals surface area contributed by atoms with Gasteiger partial charge in [-0.3, -0.25) is 14.4 Å². The van der Waals surface area contributed by atoms with Gasteiger partial charge in [0.1, 0.15) is 18.6 Å². The van der Waals surface area contributed by atoms with E-state index in [0.717, 1.165) is 32.6 Å². The summed E-state index contributed by atoms with van der Waals surface area (Å²) in [6.45, 7) is 7.98. The lowest BCUT2D eigenvalue weighted by Gasteiger charge is -2.35. The summed E-state index contributed by atoms with van der Waals surface area (Å²) in [6.07, 6.45) is 1.17. The van der Waals surface area contributed by atoms with Crippen LogP contribution < -0.4 is 10.6 Å². The third kappa shape index (κ3) is 6.39. The number of amides is 3. The molecule has 3 heterocycles. The van der Waals surface area contributed by atoms with E-state index in [-0.39, 0.29) is 37.2 Å². The van der Waals surface area contributed by atoms with E-state index in [1.54, 1.807) is 11.3 Å². The molecule has 2 aromatic heterocycles. The Kier molecular flexibility index (Phi) is 8.47. The smallest absolute Gasteiger partial charge is 0.246 e. The number of likely N-dealkylation sites (tertiary alicyclic amines) is 1. The average molecular weight is 588 g/mol. The van der Waals surface area contributed by atoms with E-state index in [2.05, 4.69) is 15.6 Å². The first kappa shape index (κ1) is 29.5. The molecule has 1 saturated heterocycles. The summed E-state index contributed by atoms with van der Waals surface area (Å²) in [5.74, 6) is -1.02. The fourth-order valence-electron chi connectivity index (χ4n) is 5.42. The molecule has 0 bridgehead atoms. The number of hydrogen-bond acceptors (Lipinski definition) is 6. The van der Waals surface area contributed by atoms with Crippen molar-refractivity contribution in [3.8, 4) is 10.4 Å². The molecule has 0 saturated carbocycles. The largest absolute Gasteiger partial charge is 0.391 e. The van der Waals surface area contributed by atoms with E-state index in [1.807, 2.05) is 98.6 Å². The fourth-order valence-corrected chi connectivity index (χ4v) is 6.23. The molecule has 3 N–H and O–H groups in total. The highest BCUT2D eigenvalue weighted by molar-refractivity contribution is 7.13. The number of thiazole rings is 1. The van der Waals surface area contributed by atoms with Crippen LogP contribution in [0.25, 0.3) is 21.3 Å². The Balaban J connectivity index is 1.24. The number of hydrogen-bond donors (Lipinski definition) is 3. The first-order valence-electron chi connectivity index (χ1n) is 14.1. The zero-order valence-electron chi connectivity index (χ0n) is 24.3. The van der Waals surface area contributed by atoms with Gasteiger partial charge in [-0.05, 0) is 41.0 Å². The lowest BCUT2D eigenvalue weighted by Crippen LogP contribution is -2.58. The monoisotopic (exact) mass is 587 g/mol. The Morgan fingerprint density at radius 3 is 2.52 bits per heavy atom. The van der Waals surface area contributed by atoms with Gasteiger partial charge in [-0.2, -0.15) is 0 Å². The molecule has 1 fully saturated rings. The van der Waals surface area contributed by atoms with Gasteiger partial charge in [0, 0.05) is 31.2 Å². The van der Waals surface area contributed by atoms with E-state index in [4.69, 9.17) is 0 Å². The first-order valence-corrected chi connectivity index (χ1v) is 15.0. The van der Waals surface area contributed by atoms with Crippen LogP contribution in [0.5, 0.6) is 0 Å². The molecule has 42 heavy (non-hydrogen) atoms. The standard InChI is InChI=1S/C32H37N5O4S/c1-20-28(42-19-34-20)23-11-9-21(10-12-23)16-33-30(40)26-15-24(38)17-37(26)31(41)29(32(2,3)4)35-27(39)18-36-14-13-22-7-5-6-8-25(22)36/h5-14,19,24,26,29,38H,15-18H2,1-4H3,(H,33,40)(H,35,39)/t24-,26+,29-/m1/s1. The van der Waals surface area contributed by atoms with Crippen LogP contribution in [0.3, 0.4) is 0 Å². The van der Waals surface area contributed by atoms with Crippen LogP contribution in [-0.2, 0) is 27.5 Å². The third-order valence-electron chi connectivity index (χ3n) is 7.71. The number of carbonyl (C=O) groups is 3. The van der Waals surface area contributed by atoms with E-state index < -0.39 is 23.6 Å². The van der Waals surface area contributed by atoms with Gasteiger partial charge >= 0.3 is 0 Å². The number of β-amino-alcohol motifs (C(OH)–C–C–N with tert-alkyl or cyclic N) is 1. The van der Waals surface area contributed by atoms with Crippen molar-refractivity contribution in [3.63, 3.8) is 0 Å². The normalized spacial score (nSPS) is 17.8. The van der Waals surface area contributed by atoms with E-state index in [1.165, 1.54) is 4.90 Å². The number of rotatable bonds is 8. The summed E-state index contributed by atoms with van der Waals surface area (Å²) in [7, 11) is 0. The van der Waals surface area contributed by atoms with Gasteiger partial charge in [-0.25, -0.2) is 4.98 Å². The number of para-hydroxylation sites is 1.